The van der Waals surface area contributed by atoms with Crippen molar-refractivity contribution in [3.8, 4) is 0 Å². The Balaban J connectivity index is 2.64. The fourth-order valence-electron chi connectivity index (χ4n) is 1.83. The molecule has 0 saturated heterocycles. The van der Waals surface area contributed by atoms with Gasteiger partial charge in [0, 0.05) is 26.0 Å². The molecule has 1 amide bonds. The van der Waals surface area contributed by atoms with E-state index in [1.807, 2.05) is 56.3 Å². The van der Waals surface area contributed by atoms with Gasteiger partial charge in [-0.2, -0.15) is 0 Å². The van der Waals surface area contributed by atoms with Gasteiger partial charge in [0.25, 0.3) is 5.91 Å². The van der Waals surface area contributed by atoms with E-state index < -0.39 is 0 Å². The Kier molecular flexibility index (Phi) is 3.46. The molecule has 1 aromatic carbocycles. The number of pyridine rings is 1. The highest BCUT2D eigenvalue weighted by molar-refractivity contribution is 6.06. The molecule has 2 rings (SSSR count). The second-order valence-corrected chi connectivity index (χ2v) is 4.30. The van der Waals surface area contributed by atoms with Gasteiger partial charge in [0.05, 0.1) is 11.1 Å². The summed E-state index contributed by atoms with van der Waals surface area (Å²) in [5.41, 5.74) is 1.51. The van der Waals surface area contributed by atoms with E-state index in [1.165, 1.54) is 0 Å². The zero-order chi connectivity index (χ0) is 13.1. The van der Waals surface area contributed by atoms with Crippen LogP contribution >= 0.6 is 0 Å². The lowest BCUT2D eigenvalue weighted by atomic mass is 10.1. The second kappa shape index (κ2) is 5.04. The third kappa shape index (κ3) is 2.27. The van der Waals surface area contributed by atoms with Gasteiger partial charge in [-0.15, -0.1) is 0 Å². The molecule has 0 spiro atoms. The molecule has 0 atom stereocenters. The predicted octanol–water partition coefficient (Wildman–Crippen LogP) is 2.05. The first-order valence-electron chi connectivity index (χ1n) is 5.98. The summed E-state index contributed by atoms with van der Waals surface area (Å²) in [4.78, 5) is 18.5. The smallest absolute Gasteiger partial charge is 0.252 e. The molecule has 0 aliphatic carbocycles. The normalized spacial score (nSPS) is 10.4. The summed E-state index contributed by atoms with van der Waals surface area (Å²) in [6.07, 6.45) is 0. The number of hydrogen-bond acceptors (Lipinski definition) is 3. The van der Waals surface area contributed by atoms with Gasteiger partial charge in [-0.05, 0) is 19.1 Å². The number of rotatable bonds is 3. The average molecular weight is 243 g/mol. The summed E-state index contributed by atoms with van der Waals surface area (Å²) >= 11 is 0. The molecule has 1 heterocycles. The molecule has 18 heavy (non-hydrogen) atoms. The number of carbonyl (C=O) groups excluding carboxylic acids is 1. The fourth-order valence-corrected chi connectivity index (χ4v) is 1.83. The molecule has 0 unspecified atom stereocenters. The quantitative estimate of drug-likeness (QED) is 0.897. The van der Waals surface area contributed by atoms with Crippen LogP contribution in [-0.4, -0.2) is 31.5 Å². The van der Waals surface area contributed by atoms with Gasteiger partial charge >= 0.3 is 0 Å². The van der Waals surface area contributed by atoms with Crippen LogP contribution in [0.3, 0.4) is 0 Å². The SMILES string of the molecule is CCNC(=O)c1cc(N(C)C)nc2ccccc12. The Hall–Kier alpha value is -2.10. The van der Waals surface area contributed by atoms with Crippen LogP contribution in [0, 0.1) is 0 Å². The van der Waals surface area contributed by atoms with Crippen molar-refractivity contribution in [1.29, 1.82) is 0 Å². The maximum absolute atomic E-state index is 12.1. The van der Waals surface area contributed by atoms with Crippen molar-refractivity contribution in [2.75, 3.05) is 25.5 Å². The predicted molar refractivity (Wildman–Crippen MR) is 74.1 cm³/mol. The molecule has 1 aromatic heterocycles. The topological polar surface area (TPSA) is 45.2 Å². The molecule has 2 aromatic rings. The number of anilines is 1. The van der Waals surface area contributed by atoms with E-state index in [9.17, 15) is 4.79 Å². The lowest BCUT2D eigenvalue weighted by molar-refractivity contribution is 0.0957. The highest BCUT2D eigenvalue weighted by atomic mass is 16.1. The molecule has 4 heteroatoms. The van der Waals surface area contributed by atoms with E-state index in [0.717, 1.165) is 16.7 Å². The Labute approximate surface area is 107 Å². The first-order chi connectivity index (χ1) is 8.63. The molecule has 94 valence electrons. The van der Waals surface area contributed by atoms with E-state index in [-0.39, 0.29) is 5.91 Å². The van der Waals surface area contributed by atoms with E-state index in [1.54, 1.807) is 0 Å². The summed E-state index contributed by atoms with van der Waals surface area (Å²) in [5.74, 6) is 0.731. The number of nitrogens with zero attached hydrogens (tertiary/aromatic N) is 2. The number of amides is 1. The van der Waals surface area contributed by atoms with Crippen molar-refractivity contribution in [3.63, 3.8) is 0 Å². The minimum atomic E-state index is -0.0563. The number of benzene rings is 1. The summed E-state index contributed by atoms with van der Waals surface area (Å²) < 4.78 is 0. The average Bonchev–Trinajstić information content (AvgIpc) is 2.37. The van der Waals surface area contributed by atoms with Gasteiger partial charge in [-0.25, -0.2) is 4.98 Å². The monoisotopic (exact) mass is 243 g/mol. The van der Waals surface area contributed by atoms with Crippen LogP contribution in [0.4, 0.5) is 5.82 Å². The molecule has 0 fully saturated rings. The Morgan fingerprint density at radius 1 is 1.33 bits per heavy atom. The summed E-state index contributed by atoms with van der Waals surface area (Å²) in [7, 11) is 3.83. The Morgan fingerprint density at radius 3 is 2.72 bits per heavy atom. The van der Waals surface area contributed by atoms with Gasteiger partial charge in [0.15, 0.2) is 0 Å². The van der Waals surface area contributed by atoms with E-state index in [4.69, 9.17) is 0 Å². The Bertz CT molecular complexity index is 578. The first-order valence-corrected chi connectivity index (χ1v) is 5.98. The Morgan fingerprint density at radius 2 is 2.06 bits per heavy atom. The summed E-state index contributed by atoms with van der Waals surface area (Å²) in [6, 6.07) is 9.52. The lowest BCUT2D eigenvalue weighted by Crippen LogP contribution is -2.23. The van der Waals surface area contributed by atoms with Gasteiger partial charge in [0.1, 0.15) is 5.82 Å². The maximum atomic E-state index is 12.1. The van der Waals surface area contributed by atoms with Crippen LogP contribution in [-0.2, 0) is 0 Å². The molecule has 0 bridgehead atoms. The molecular weight excluding hydrogens is 226 g/mol. The minimum Gasteiger partial charge on any atom is -0.363 e. The van der Waals surface area contributed by atoms with Crippen LogP contribution in [0.2, 0.25) is 0 Å². The van der Waals surface area contributed by atoms with E-state index in [2.05, 4.69) is 10.3 Å². The molecule has 4 nitrogen and oxygen atoms in total. The van der Waals surface area contributed by atoms with Crippen molar-refractivity contribution in [3.05, 3.63) is 35.9 Å². The second-order valence-electron chi connectivity index (χ2n) is 4.30. The van der Waals surface area contributed by atoms with Gasteiger partial charge in [0.2, 0.25) is 0 Å². The van der Waals surface area contributed by atoms with Crippen molar-refractivity contribution >= 4 is 22.6 Å². The fraction of sp³-hybridized carbons (Fsp3) is 0.286. The van der Waals surface area contributed by atoms with Crippen LogP contribution in [0.1, 0.15) is 17.3 Å². The number of carbonyl (C=O) groups is 1. The van der Waals surface area contributed by atoms with E-state index >= 15 is 0 Å². The summed E-state index contributed by atoms with van der Waals surface area (Å²) in [5, 5.41) is 3.72. The van der Waals surface area contributed by atoms with Crippen LogP contribution < -0.4 is 10.2 Å². The van der Waals surface area contributed by atoms with Gasteiger partial charge < -0.3 is 10.2 Å². The number of hydrogen-bond donors (Lipinski definition) is 1. The maximum Gasteiger partial charge on any atom is 0.252 e. The molecular formula is C14H17N3O. The highest BCUT2D eigenvalue weighted by Gasteiger charge is 2.12. The van der Waals surface area contributed by atoms with Crippen LogP contribution in [0.15, 0.2) is 30.3 Å². The highest BCUT2D eigenvalue weighted by Crippen LogP contribution is 2.21. The van der Waals surface area contributed by atoms with Crippen molar-refractivity contribution in [1.82, 2.24) is 10.3 Å². The molecule has 0 saturated carbocycles. The van der Waals surface area contributed by atoms with Crippen LogP contribution in [0.25, 0.3) is 10.9 Å². The number of aromatic nitrogens is 1. The first kappa shape index (κ1) is 12.4. The minimum absolute atomic E-state index is 0.0563. The number of para-hydroxylation sites is 1. The van der Waals surface area contributed by atoms with Gasteiger partial charge in [-0.3, -0.25) is 4.79 Å². The molecule has 1 N–H and O–H groups in total. The number of fused-ring (bicyclic) bond motifs is 1. The standard InChI is InChI=1S/C14H17N3O/c1-4-15-14(18)11-9-13(17(2)3)16-12-8-6-5-7-10(11)12/h5-9H,4H2,1-3H3,(H,15,18). The summed E-state index contributed by atoms with van der Waals surface area (Å²) in [6.45, 7) is 2.53. The van der Waals surface area contributed by atoms with Crippen molar-refractivity contribution in [2.24, 2.45) is 0 Å². The lowest BCUT2D eigenvalue weighted by Gasteiger charge is -2.14. The molecule has 0 aliphatic rings. The third-order valence-electron chi connectivity index (χ3n) is 2.74. The van der Waals surface area contributed by atoms with E-state index in [0.29, 0.717) is 12.1 Å². The molecule has 0 aliphatic heterocycles. The van der Waals surface area contributed by atoms with Crippen molar-refractivity contribution in [2.45, 2.75) is 6.92 Å². The number of nitrogens with one attached hydrogen (secondary N) is 1. The van der Waals surface area contributed by atoms with Crippen LogP contribution in [0.5, 0.6) is 0 Å². The van der Waals surface area contributed by atoms with Crippen molar-refractivity contribution < 1.29 is 4.79 Å². The largest absolute Gasteiger partial charge is 0.363 e. The zero-order valence-electron chi connectivity index (χ0n) is 10.9. The van der Waals surface area contributed by atoms with Gasteiger partial charge in [-0.1, -0.05) is 18.2 Å². The third-order valence-corrected chi connectivity index (χ3v) is 2.74. The molecule has 0 radical (unpaired) electrons. The zero-order valence-corrected chi connectivity index (χ0v) is 10.9.